The number of imidazole rings is 1. The molecular formula is C19H21FN4OS. The number of rotatable bonds is 6. The molecule has 1 fully saturated rings. The Morgan fingerprint density at radius 1 is 1.31 bits per heavy atom. The molecule has 136 valence electrons. The van der Waals surface area contributed by atoms with Crippen LogP contribution in [-0.4, -0.2) is 39.8 Å². The molecule has 1 saturated heterocycles. The highest BCUT2D eigenvalue weighted by Gasteiger charge is 2.26. The minimum absolute atomic E-state index is 0.0868. The molecule has 1 unspecified atom stereocenters. The maximum atomic E-state index is 14.3. The van der Waals surface area contributed by atoms with Gasteiger partial charge < -0.3 is 5.32 Å². The van der Waals surface area contributed by atoms with Gasteiger partial charge in [-0.1, -0.05) is 18.2 Å². The Labute approximate surface area is 155 Å². The fraction of sp³-hybridized carbons (Fsp3) is 0.368. The molecule has 1 aromatic carbocycles. The Morgan fingerprint density at radius 3 is 2.88 bits per heavy atom. The third-order valence-corrected chi connectivity index (χ3v) is 5.59. The second-order valence-electron chi connectivity index (χ2n) is 6.59. The van der Waals surface area contributed by atoms with Crippen LogP contribution in [-0.2, 0) is 11.2 Å². The molecule has 1 aliphatic rings. The van der Waals surface area contributed by atoms with E-state index in [0.29, 0.717) is 12.1 Å². The molecular weight excluding hydrogens is 351 g/mol. The quantitative estimate of drug-likeness (QED) is 0.724. The van der Waals surface area contributed by atoms with Gasteiger partial charge in [0.25, 0.3) is 0 Å². The number of hydrogen-bond donors (Lipinski definition) is 1. The van der Waals surface area contributed by atoms with Crippen LogP contribution >= 0.6 is 11.3 Å². The van der Waals surface area contributed by atoms with Crippen LogP contribution in [0.3, 0.4) is 0 Å². The Kier molecular flexibility index (Phi) is 4.99. The first-order valence-electron chi connectivity index (χ1n) is 8.87. The van der Waals surface area contributed by atoms with E-state index >= 15 is 0 Å². The van der Waals surface area contributed by atoms with Crippen molar-refractivity contribution >= 4 is 22.2 Å². The van der Waals surface area contributed by atoms with Crippen LogP contribution in [0.5, 0.6) is 0 Å². The van der Waals surface area contributed by atoms with Crippen molar-refractivity contribution < 1.29 is 9.18 Å². The number of hydrogen-bond acceptors (Lipinski definition) is 4. The summed E-state index contributed by atoms with van der Waals surface area (Å²) in [6.45, 7) is 2.28. The normalized spacial score (nSPS) is 16.2. The fourth-order valence-electron chi connectivity index (χ4n) is 3.53. The van der Waals surface area contributed by atoms with Crippen molar-refractivity contribution in [1.29, 1.82) is 0 Å². The van der Waals surface area contributed by atoms with E-state index < -0.39 is 0 Å². The molecule has 3 aromatic rings. The number of fused-ring (bicyclic) bond motifs is 1. The summed E-state index contributed by atoms with van der Waals surface area (Å²) in [5.74, 6) is -0.302. The Hall–Kier alpha value is -2.25. The van der Waals surface area contributed by atoms with Crippen LogP contribution in [0.2, 0.25) is 0 Å². The molecule has 0 spiro atoms. The van der Waals surface area contributed by atoms with E-state index in [1.807, 2.05) is 34.3 Å². The standard InChI is InChI=1S/C19H21FN4OS/c20-16-6-2-1-5-15(16)17(23-7-3-4-8-23)12-21-18(25)11-14-13-24-9-10-26-19(24)22-14/h1-2,5-6,9-10,13,17H,3-4,7-8,11-12H2,(H,21,25). The summed E-state index contributed by atoms with van der Waals surface area (Å²) in [5.41, 5.74) is 1.40. The minimum atomic E-state index is -0.215. The predicted octanol–water partition coefficient (Wildman–Crippen LogP) is 3.03. The van der Waals surface area contributed by atoms with Crippen LogP contribution in [0.25, 0.3) is 4.96 Å². The molecule has 5 nitrogen and oxygen atoms in total. The number of nitrogens with one attached hydrogen (secondary N) is 1. The first-order valence-corrected chi connectivity index (χ1v) is 9.75. The summed E-state index contributed by atoms with van der Waals surface area (Å²) in [6.07, 6.45) is 6.27. The lowest BCUT2D eigenvalue weighted by molar-refractivity contribution is -0.120. The highest BCUT2D eigenvalue weighted by Crippen LogP contribution is 2.26. The van der Waals surface area contributed by atoms with Gasteiger partial charge in [0.15, 0.2) is 4.96 Å². The summed E-state index contributed by atoms with van der Waals surface area (Å²) in [4.78, 5) is 20.0. The van der Waals surface area contributed by atoms with Crippen molar-refractivity contribution in [3.05, 3.63) is 59.1 Å². The molecule has 3 heterocycles. The number of benzene rings is 1. The number of thiazole rings is 1. The van der Waals surface area contributed by atoms with Crippen LogP contribution in [0.1, 0.15) is 30.1 Å². The van der Waals surface area contributed by atoms with Gasteiger partial charge in [0.05, 0.1) is 18.2 Å². The van der Waals surface area contributed by atoms with Gasteiger partial charge in [-0.3, -0.25) is 14.1 Å². The molecule has 0 aliphatic carbocycles. The third kappa shape index (κ3) is 3.64. The fourth-order valence-corrected chi connectivity index (χ4v) is 4.25. The molecule has 1 aliphatic heterocycles. The van der Waals surface area contributed by atoms with Crippen molar-refractivity contribution in [2.75, 3.05) is 19.6 Å². The van der Waals surface area contributed by atoms with Gasteiger partial charge in [-0.2, -0.15) is 0 Å². The van der Waals surface area contributed by atoms with Gasteiger partial charge >= 0.3 is 0 Å². The largest absolute Gasteiger partial charge is 0.354 e. The molecule has 4 rings (SSSR count). The minimum Gasteiger partial charge on any atom is -0.354 e. The van der Waals surface area contributed by atoms with Gasteiger partial charge in [-0.25, -0.2) is 9.37 Å². The lowest BCUT2D eigenvalue weighted by atomic mass is 10.0. The van der Waals surface area contributed by atoms with Crippen molar-refractivity contribution in [3.63, 3.8) is 0 Å². The molecule has 26 heavy (non-hydrogen) atoms. The molecule has 0 radical (unpaired) electrons. The second-order valence-corrected chi connectivity index (χ2v) is 7.46. The van der Waals surface area contributed by atoms with Gasteiger partial charge in [0.2, 0.25) is 5.91 Å². The highest BCUT2D eigenvalue weighted by molar-refractivity contribution is 7.15. The van der Waals surface area contributed by atoms with Crippen LogP contribution < -0.4 is 5.32 Å². The molecule has 0 saturated carbocycles. The summed E-state index contributed by atoms with van der Waals surface area (Å²) >= 11 is 1.54. The Bertz CT molecular complexity index is 871. The second kappa shape index (κ2) is 7.55. The predicted molar refractivity (Wildman–Crippen MR) is 99.7 cm³/mol. The SMILES string of the molecule is O=C(Cc1cn2ccsc2n1)NCC(c1ccccc1F)N1CCCC1. The third-order valence-electron chi connectivity index (χ3n) is 4.82. The zero-order valence-corrected chi connectivity index (χ0v) is 15.2. The first-order chi connectivity index (χ1) is 12.7. The first kappa shape index (κ1) is 17.2. The average Bonchev–Trinajstić information content (AvgIpc) is 3.34. The van der Waals surface area contributed by atoms with E-state index in [2.05, 4.69) is 15.2 Å². The number of amides is 1. The maximum Gasteiger partial charge on any atom is 0.226 e. The number of aromatic nitrogens is 2. The molecule has 2 aromatic heterocycles. The molecule has 1 atom stereocenters. The Balaban J connectivity index is 1.43. The van der Waals surface area contributed by atoms with Crippen LogP contribution in [0, 0.1) is 5.82 Å². The molecule has 1 amide bonds. The van der Waals surface area contributed by atoms with E-state index in [1.54, 1.807) is 17.4 Å². The van der Waals surface area contributed by atoms with Gasteiger partial charge in [0.1, 0.15) is 5.82 Å². The van der Waals surface area contributed by atoms with Crippen LogP contribution in [0.15, 0.2) is 42.0 Å². The summed E-state index contributed by atoms with van der Waals surface area (Å²) in [5, 5.41) is 4.94. The topological polar surface area (TPSA) is 49.6 Å². The molecule has 7 heteroatoms. The lowest BCUT2D eigenvalue weighted by Gasteiger charge is -2.28. The number of nitrogens with zero attached hydrogens (tertiary/aromatic N) is 3. The van der Waals surface area contributed by atoms with Crippen molar-refractivity contribution in [1.82, 2.24) is 19.6 Å². The number of carbonyl (C=O) groups excluding carboxylic acids is 1. The van der Waals surface area contributed by atoms with E-state index in [-0.39, 0.29) is 24.2 Å². The monoisotopic (exact) mass is 372 g/mol. The van der Waals surface area contributed by atoms with Crippen molar-refractivity contribution in [2.45, 2.75) is 25.3 Å². The lowest BCUT2D eigenvalue weighted by Crippen LogP contribution is -2.37. The maximum absolute atomic E-state index is 14.3. The number of halogens is 1. The average molecular weight is 372 g/mol. The highest BCUT2D eigenvalue weighted by atomic mass is 32.1. The summed E-state index contributed by atoms with van der Waals surface area (Å²) in [6, 6.07) is 6.71. The zero-order valence-electron chi connectivity index (χ0n) is 14.4. The van der Waals surface area contributed by atoms with Crippen LogP contribution in [0.4, 0.5) is 4.39 Å². The zero-order chi connectivity index (χ0) is 17.9. The number of carbonyl (C=O) groups is 1. The summed E-state index contributed by atoms with van der Waals surface area (Å²) in [7, 11) is 0. The van der Waals surface area contributed by atoms with Gasteiger partial charge in [-0.05, 0) is 32.0 Å². The van der Waals surface area contributed by atoms with Gasteiger partial charge in [-0.15, -0.1) is 11.3 Å². The van der Waals surface area contributed by atoms with Crippen molar-refractivity contribution in [2.24, 2.45) is 0 Å². The van der Waals surface area contributed by atoms with E-state index in [4.69, 9.17) is 0 Å². The van der Waals surface area contributed by atoms with Gasteiger partial charge in [0, 0.05) is 29.9 Å². The summed E-state index contributed by atoms with van der Waals surface area (Å²) < 4.78 is 16.2. The van der Waals surface area contributed by atoms with E-state index in [9.17, 15) is 9.18 Å². The van der Waals surface area contributed by atoms with E-state index in [0.717, 1.165) is 36.6 Å². The Morgan fingerprint density at radius 2 is 2.12 bits per heavy atom. The van der Waals surface area contributed by atoms with Crippen molar-refractivity contribution in [3.8, 4) is 0 Å². The molecule has 0 bridgehead atoms. The molecule has 1 N–H and O–H groups in total. The number of likely N-dealkylation sites (tertiary alicyclic amines) is 1. The van der Waals surface area contributed by atoms with E-state index in [1.165, 1.54) is 6.07 Å². The smallest absolute Gasteiger partial charge is 0.226 e.